The summed E-state index contributed by atoms with van der Waals surface area (Å²) in [5, 5.41) is 2.41. The number of carbonyl (C=O) groups excluding carboxylic acids is 1. The van der Waals surface area contributed by atoms with Gasteiger partial charge in [-0.05, 0) is 5.56 Å². The van der Waals surface area contributed by atoms with E-state index in [0.29, 0.717) is 12.1 Å². The summed E-state index contributed by atoms with van der Waals surface area (Å²) in [6.45, 7) is 0. The summed E-state index contributed by atoms with van der Waals surface area (Å²) in [5.41, 5.74) is 3.75. The van der Waals surface area contributed by atoms with Crippen LogP contribution in [0.25, 0.3) is 0 Å². The third-order valence-electron chi connectivity index (χ3n) is 3.68. The first-order chi connectivity index (χ1) is 13.4. The van der Waals surface area contributed by atoms with Crippen molar-refractivity contribution >= 4 is 22.9 Å². The number of rotatable bonds is 6. The number of nitrogens with zero attached hydrogens (tertiary/aromatic N) is 1. The van der Waals surface area contributed by atoms with Crippen LogP contribution in [-0.2, 0) is 17.6 Å². The van der Waals surface area contributed by atoms with E-state index >= 15 is 0 Å². The Morgan fingerprint density at radius 1 is 0.929 bits per heavy atom. The van der Waals surface area contributed by atoms with E-state index in [1.165, 1.54) is 11.3 Å². The van der Waals surface area contributed by atoms with Gasteiger partial charge < -0.3 is 0 Å². The average molecular weight is 413 g/mol. The van der Waals surface area contributed by atoms with Crippen molar-refractivity contribution in [3.8, 4) is 0 Å². The fourth-order valence-electron chi connectivity index (χ4n) is 2.34. The summed E-state index contributed by atoms with van der Waals surface area (Å²) in [5.74, 6) is -11.4. The predicted octanol–water partition coefficient (Wildman–Crippen LogP) is 4.12. The summed E-state index contributed by atoms with van der Waals surface area (Å²) >= 11 is 1.34. The molecule has 0 saturated heterocycles. The van der Waals surface area contributed by atoms with Crippen LogP contribution in [0, 0.1) is 29.1 Å². The van der Waals surface area contributed by atoms with E-state index in [2.05, 4.69) is 4.98 Å². The van der Waals surface area contributed by atoms with Crippen molar-refractivity contribution in [3.05, 3.63) is 81.1 Å². The molecular weight excluding hydrogens is 401 g/mol. The molecule has 1 amide bonds. The lowest BCUT2D eigenvalue weighted by Crippen LogP contribution is -2.32. The normalized spacial score (nSPS) is 10.8. The molecule has 0 bridgehead atoms. The highest BCUT2D eigenvalue weighted by molar-refractivity contribution is 7.09. The monoisotopic (exact) mass is 413 g/mol. The lowest BCUT2D eigenvalue weighted by Gasteiger charge is -2.11. The molecule has 146 valence electrons. The van der Waals surface area contributed by atoms with E-state index < -0.39 is 40.7 Å². The van der Waals surface area contributed by atoms with Crippen LogP contribution in [0.1, 0.15) is 16.3 Å². The van der Waals surface area contributed by atoms with E-state index in [1.807, 2.05) is 35.8 Å². The quantitative estimate of drug-likeness (QED) is 0.277. The van der Waals surface area contributed by atoms with Gasteiger partial charge in [-0.2, -0.15) is 0 Å². The van der Waals surface area contributed by atoms with Gasteiger partial charge in [0.05, 0.1) is 17.1 Å². The predicted molar refractivity (Wildman–Crippen MR) is 93.1 cm³/mol. The number of carbonyl (C=O) groups is 1. The maximum atomic E-state index is 13.5. The number of benzene rings is 2. The van der Waals surface area contributed by atoms with Gasteiger partial charge in [-0.15, -0.1) is 11.3 Å². The lowest BCUT2D eigenvalue weighted by molar-refractivity contribution is -0.120. The van der Waals surface area contributed by atoms with Crippen LogP contribution in [0.2, 0.25) is 0 Å². The lowest BCUT2D eigenvalue weighted by atomic mass is 10.2. The Kier molecular flexibility index (Phi) is 5.88. The Morgan fingerprint density at radius 2 is 1.54 bits per heavy atom. The van der Waals surface area contributed by atoms with Crippen molar-refractivity contribution < 1.29 is 26.7 Å². The highest BCUT2D eigenvalue weighted by Gasteiger charge is 2.26. The summed E-state index contributed by atoms with van der Waals surface area (Å²) in [6.07, 6.45) is 0.337. The van der Waals surface area contributed by atoms with Gasteiger partial charge in [-0.1, -0.05) is 30.3 Å². The molecule has 3 aromatic rings. The second-order valence-electron chi connectivity index (χ2n) is 5.69. The number of nitrogens with one attached hydrogen (secondary N) is 2. The zero-order valence-electron chi connectivity index (χ0n) is 14.0. The topological polar surface area (TPSA) is 54.0 Å². The molecule has 4 nitrogen and oxygen atoms in total. The molecule has 1 aromatic heterocycles. The number of hydrogen-bond donors (Lipinski definition) is 2. The van der Waals surface area contributed by atoms with Crippen LogP contribution in [-0.4, -0.2) is 10.9 Å². The summed E-state index contributed by atoms with van der Waals surface area (Å²) < 4.78 is 66.3. The maximum absolute atomic E-state index is 13.5. The van der Waals surface area contributed by atoms with Gasteiger partial charge >= 0.3 is 0 Å². The molecule has 1 heterocycles. The van der Waals surface area contributed by atoms with Gasteiger partial charge in [0.1, 0.15) is 5.69 Å². The zero-order chi connectivity index (χ0) is 20.3. The third-order valence-corrected chi connectivity index (χ3v) is 4.57. The molecule has 28 heavy (non-hydrogen) atoms. The second-order valence-corrected chi connectivity index (χ2v) is 6.63. The molecule has 3 rings (SSSR count). The zero-order valence-corrected chi connectivity index (χ0v) is 14.8. The Bertz CT molecular complexity index is 981. The smallest absolute Gasteiger partial charge is 0.244 e. The van der Waals surface area contributed by atoms with Gasteiger partial charge in [-0.3, -0.25) is 15.6 Å². The summed E-state index contributed by atoms with van der Waals surface area (Å²) in [7, 11) is 0. The van der Waals surface area contributed by atoms with E-state index in [9.17, 15) is 26.7 Å². The van der Waals surface area contributed by atoms with Crippen LogP contribution in [0.4, 0.5) is 27.6 Å². The van der Waals surface area contributed by atoms with E-state index in [1.54, 1.807) is 10.8 Å². The fourth-order valence-corrected chi connectivity index (χ4v) is 3.17. The third kappa shape index (κ3) is 4.28. The maximum Gasteiger partial charge on any atom is 0.244 e. The van der Waals surface area contributed by atoms with Crippen molar-refractivity contribution in [2.24, 2.45) is 0 Å². The van der Waals surface area contributed by atoms with E-state index in [4.69, 9.17) is 0 Å². The molecule has 2 aromatic carbocycles. The molecule has 0 spiro atoms. The molecule has 2 N–H and O–H groups in total. The number of aromatic nitrogens is 1. The minimum atomic E-state index is -2.28. The van der Waals surface area contributed by atoms with Gasteiger partial charge in [-0.25, -0.2) is 26.9 Å². The molecule has 0 radical (unpaired) electrons. The van der Waals surface area contributed by atoms with Crippen LogP contribution < -0.4 is 10.9 Å². The van der Waals surface area contributed by atoms with Crippen molar-refractivity contribution in [2.75, 3.05) is 5.43 Å². The highest BCUT2D eigenvalue weighted by Crippen LogP contribution is 2.26. The average Bonchev–Trinajstić information content (AvgIpc) is 3.12. The van der Waals surface area contributed by atoms with Gasteiger partial charge in [0.15, 0.2) is 23.3 Å². The number of thiazole rings is 1. The summed E-state index contributed by atoms with van der Waals surface area (Å²) in [6, 6.07) is 9.53. The van der Waals surface area contributed by atoms with Crippen molar-refractivity contribution in [3.63, 3.8) is 0 Å². The Balaban J connectivity index is 1.61. The first-order valence-corrected chi connectivity index (χ1v) is 8.78. The number of amides is 1. The van der Waals surface area contributed by atoms with Gasteiger partial charge in [0, 0.05) is 11.8 Å². The fraction of sp³-hybridized carbons (Fsp3) is 0.111. The van der Waals surface area contributed by atoms with Crippen LogP contribution in [0.3, 0.4) is 0 Å². The molecule has 0 aliphatic carbocycles. The molecule has 0 saturated carbocycles. The molecular formula is C18H12F5N3OS. The molecule has 10 heteroatoms. The number of anilines is 1. The SMILES string of the molecule is O=C(Cc1csc(Cc2ccccc2)n1)NNc1c(F)c(F)c(F)c(F)c1F. The molecule has 0 aliphatic rings. The molecule has 0 atom stereocenters. The molecule has 0 fully saturated rings. The first kappa shape index (κ1) is 19.7. The number of halogens is 5. The van der Waals surface area contributed by atoms with Crippen molar-refractivity contribution in [1.29, 1.82) is 0 Å². The van der Waals surface area contributed by atoms with E-state index in [0.717, 1.165) is 10.6 Å². The first-order valence-electron chi connectivity index (χ1n) is 7.90. The second kappa shape index (κ2) is 8.34. The van der Waals surface area contributed by atoms with Crippen LogP contribution in [0.15, 0.2) is 35.7 Å². The summed E-state index contributed by atoms with van der Waals surface area (Å²) in [4.78, 5) is 16.2. The largest absolute Gasteiger partial charge is 0.293 e. The standard InChI is InChI=1S/C18H12F5N3OS/c19-13-14(20)16(22)18(17(23)15(13)21)26-25-11(27)7-10-8-28-12(24-10)6-9-4-2-1-3-5-9/h1-5,8,26H,6-7H2,(H,25,27). The molecule has 0 unspecified atom stereocenters. The van der Waals surface area contributed by atoms with Crippen molar-refractivity contribution in [2.45, 2.75) is 12.8 Å². The minimum absolute atomic E-state index is 0.242. The van der Waals surface area contributed by atoms with Gasteiger partial charge in [0.25, 0.3) is 0 Å². The van der Waals surface area contributed by atoms with E-state index in [-0.39, 0.29) is 6.42 Å². The van der Waals surface area contributed by atoms with Gasteiger partial charge in [0.2, 0.25) is 11.7 Å². The molecule has 0 aliphatic heterocycles. The highest BCUT2D eigenvalue weighted by atomic mass is 32.1. The Morgan fingerprint density at radius 3 is 2.18 bits per heavy atom. The van der Waals surface area contributed by atoms with Crippen LogP contribution in [0.5, 0.6) is 0 Å². The Hall–Kier alpha value is -3.01. The van der Waals surface area contributed by atoms with Crippen LogP contribution >= 0.6 is 11.3 Å². The Labute approximate surface area is 160 Å². The number of hydrazine groups is 1. The van der Waals surface area contributed by atoms with Crippen molar-refractivity contribution in [1.82, 2.24) is 10.4 Å². The number of hydrogen-bond acceptors (Lipinski definition) is 4. The minimum Gasteiger partial charge on any atom is -0.293 e.